The Hall–Kier alpha value is -2.00. The summed E-state index contributed by atoms with van der Waals surface area (Å²) in [5.74, 6) is 0. The van der Waals surface area contributed by atoms with Crippen LogP contribution < -0.4 is 10.2 Å². The fraction of sp³-hybridized carbons (Fsp3) is 0.294. The Morgan fingerprint density at radius 2 is 1.70 bits per heavy atom. The summed E-state index contributed by atoms with van der Waals surface area (Å²) < 4.78 is 0. The van der Waals surface area contributed by atoms with Crippen LogP contribution in [0.4, 0.5) is 17.1 Å². The highest BCUT2D eigenvalue weighted by molar-refractivity contribution is 5.78. The Kier molecular flexibility index (Phi) is 3.61. The maximum Gasteiger partial charge on any atom is 0.0622 e. The summed E-state index contributed by atoms with van der Waals surface area (Å²) in [5.41, 5.74) is 5.04. The van der Waals surface area contributed by atoms with Crippen LogP contribution in [0.1, 0.15) is 5.56 Å². The fourth-order valence-corrected chi connectivity index (χ4v) is 2.59. The average molecular weight is 267 g/mol. The van der Waals surface area contributed by atoms with Gasteiger partial charge in [0.25, 0.3) is 0 Å². The van der Waals surface area contributed by atoms with Gasteiger partial charge in [0.1, 0.15) is 0 Å². The van der Waals surface area contributed by atoms with Crippen LogP contribution in [0.2, 0.25) is 0 Å². The molecule has 0 saturated carbocycles. The lowest BCUT2D eigenvalue weighted by molar-refractivity contribution is 0.413. The largest absolute Gasteiger partial charge is 0.364 e. The first-order valence-corrected chi connectivity index (χ1v) is 7.07. The number of nitrogens with zero attached hydrogens (tertiary/aromatic N) is 2. The third-order valence-corrected chi connectivity index (χ3v) is 3.71. The van der Waals surface area contributed by atoms with Gasteiger partial charge < -0.3 is 15.1 Å². The molecule has 3 nitrogen and oxygen atoms in total. The van der Waals surface area contributed by atoms with E-state index in [4.69, 9.17) is 0 Å². The van der Waals surface area contributed by atoms with E-state index in [-0.39, 0.29) is 0 Å². The molecule has 2 aromatic carbocycles. The zero-order valence-electron chi connectivity index (χ0n) is 12.1. The lowest BCUT2D eigenvalue weighted by atomic mass is 10.1. The van der Waals surface area contributed by atoms with Crippen molar-refractivity contribution in [3.05, 3.63) is 54.1 Å². The first kappa shape index (κ1) is 13.0. The Morgan fingerprint density at radius 1 is 1.00 bits per heavy atom. The summed E-state index contributed by atoms with van der Waals surface area (Å²) in [6.45, 7) is 3.03. The standard InChI is InChI=1S/C17H21N3/c1-19(2)11-12-20-13-14-7-3-4-8-15(14)18-16-9-5-6-10-17(16)20/h3-10,18H,11-13H2,1-2H3. The summed E-state index contributed by atoms with van der Waals surface area (Å²) in [4.78, 5) is 4.68. The van der Waals surface area contributed by atoms with Gasteiger partial charge in [-0.2, -0.15) is 0 Å². The van der Waals surface area contributed by atoms with Crippen molar-refractivity contribution in [2.75, 3.05) is 37.4 Å². The van der Waals surface area contributed by atoms with Gasteiger partial charge in [-0.25, -0.2) is 0 Å². The number of benzene rings is 2. The van der Waals surface area contributed by atoms with E-state index in [1.807, 2.05) is 0 Å². The summed E-state index contributed by atoms with van der Waals surface area (Å²) in [6.07, 6.45) is 0. The molecule has 0 radical (unpaired) electrons. The third kappa shape index (κ3) is 2.63. The Morgan fingerprint density at radius 3 is 2.50 bits per heavy atom. The molecule has 3 heteroatoms. The summed E-state index contributed by atoms with van der Waals surface area (Å²) in [5, 5.41) is 3.57. The van der Waals surface area contributed by atoms with Gasteiger partial charge in [-0.05, 0) is 37.9 Å². The number of hydrogen-bond acceptors (Lipinski definition) is 3. The molecule has 0 fully saturated rings. The number of hydrogen-bond donors (Lipinski definition) is 1. The zero-order valence-corrected chi connectivity index (χ0v) is 12.1. The normalized spacial score (nSPS) is 13.4. The molecule has 0 unspecified atom stereocenters. The molecule has 0 amide bonds. The first-order chi connectivity index (χ1) is 9.74. The van der Waals surface area contributed by atoms with Gasteiger partial charge in [0.2, 0.25) is 0 Å². The van der Waals surface area contributed by atoms with Gasteiger partial charge in [-0.15, -0.1) is 0 Å². The Labute approximate surface area is 120 Å². The van der Waals surface area contributed by atoms with Crippen molar-refractivity contribution < 1.29 is 0 Å². The van der Waals surface area contributed by atoms with Crippen molar-refractivity contribution in [1.29, 1.82) is 0 Å². The van der Waals surface area contributed by atoms with Crippen LogP contribution in [0, 0.1) is 0 Å². The quantitative estimate of drug-likeness (QED) is 0.920. The molecule has 104 valence electrons. The second-order valence-corrected chi connectivity index (χ2v) is 5.52. The van der Waals surface area contributed by atoms with Crippen LogP contribution in [0.15, 0.2) is 48.5 Å². The average Bonchev–Trinajstić information content (AvgIpc) is 2.61. The highest BCUT2D eigenvalue weighted by Crippen LogP contribution is 2.35. The number of rotatable bonds is 3. The minimum atomic E-state index is 0.952. The molecule has 0 saturated heterocycles. The van der Waals surface area contributed by atoms with E-state index in [1.165, 1.54) is 22.6 Å². The third-order valence-electron chi connectivity index (χ3n) is 3.71. The predicted molar refractivity (Wildman–Crippen MR) is 85.8 cm³/mol. The molecule has 0 spiro atoms. The van der Waals surface area contributed by atoms with Crippen molar-refractivity contribution in [3.8, 4) is 0 Å². The smallest absolute Gasteiger partial charge is 0.0622 e. The van der Waals surface area contributed by atoms with Gasteiger partial charge in [0.05, 0.1) is 11.4 Å². The van der Waals surface area contributed by atoms with Crippen LogP contribution in [-0.4, -0.2) is 32.1 Å². The maximum absolute atomic E-state index is 3.57. The monoisotopic (exact) mass is 267 g/mol. The van der Waals surface area contributed by atoms with Crippen molar-refractivity contribution in [2.24, 2.45) is 0 Å². The topological polar surface area (TPSA) is 18.5 Å². The van der Waals surface area contributed by atoms with E-state index in [0.717, 1.165) is 19.6 Å². The molecule has 20 heavy (non-hydrogen) atoms. The van der Waals surface area contributed by atoms with E-state index >= 15 is 0 Å². The van der Waals surface area contributed by atoms with E-state index in [1.54, 1.807) is 0 Å². The van der Waals surface area contributed by atoms with Gasteiger partial charge in [-0.3, -0.25) is 0 Å². The molecule has 3 rings (SSSR count). The zero-order chi connectivity index (χ0) is 13.9. The second kappa shape index (κ2) is 5.55. The van der Waals surface area contributed by atoms with Crippen molar-refractivity contribution in [3.63, 3.8) is 0 Å². The maximum atomic E-state index is 3.57. The summed E-state index contributed by atoms with van der Waals surface area (Å²) in [7, 11) is 4.24. The molecular formula is C17H21N3. The lowest BCUT2D eigenvalue weighted by Crippen LogP contribution is -2.31. The van der Waals surface area contributed by atoms with Crippen molar-refractivity contribution in [1.82, 2.24) is 4.90 Å². The number of likely N-dealkylation sites (N-methyl/N-ethyl adjacent to an activating group) is 1. The van der Waals surface area contributed by atoms with Crippen molar-refractivity contribution >= 4 is 17.1 Å². The van der Waals surface area contributed by atoms with Gasteiger partial charge in [0, 0.05) is 25.3 Å². The van der Waals surface area contributed by atoms with Crippen LogP contribution in [0.25, 0.3) is 0 Å². The van der Waals surface area contributed by atoms with E-state index in [0.29, 0.717) is 0 Å². The minimum Gasteiger partial charge on any atom is -0.364 e. The van der Waals surface area contributed by atoms with Crippen LogP contribution in [-0.2, 0) is 6.54 Å². The number of anilines is 3. The van der Waals surface area contributed by atoms with Crippen molar-refractivity contribution in [2.45, 2.75) is 6.54 Å². The van der Waals surface area contributed by atoms with Crippen LogP contribution in [0.3, 0.4) is 0 Å². The Bertz CT molecular complexity index is 592. The van der Waals surface area contributed by atoms with E-state index in [9.17, 15) is 0 Å². The van der Waals surface area contributed by atoms with Crippen LogP contribution in [0.5, 0.6) is 0 Å². The molecule has 2 aromatic rings. The lowest BCUT2D eigenvalue weighted by Gasteiger charge is -2.26. The second-order valence-electron chi connectivity index (χ2n) is 5.52. The number of fused-ring (bicyclic) bond motifs is 2. The van der Waals surface area contributed by atoms with Crippen LogP contribution >= 0.6 is 0 Å². The SMILES string of the molecule is CN(C)CCN1Cc2ccccc2Nc2ccccc21. The molecule has 0 aliphatic carbocycles. The molecule has 0 bridgehead atoms. The van der Waals surface area contributed by atoms with E-state index < -0.39 is 0 Å². The van der Waals surface area contributed by atoms with Gasteiger partial charge >= 0.3 is 0 Å². The molecule has 1 aliphatic rings. The van der Waals surface area contributed by atoms with Gasteiger partial charge in [0.15, 0.2) is 0 Å². The Balaban J connectivity index is 1.97. The molecule has 0 atom stereocenters. The highest BCUT2D eigenvalue weighted by atomic mass is 15.2. The molecule has 1 aliphatic heterocycles. The predicted octanol–water partition coefficient (Wildman–Crippen LogP) is 3.31. The number of para-hydroxylation sites is 3. The molecule has 0 aromatic heterocycles. The molecular weight excluding hydrogens is 246 g/mol. The minimum absolute atomic E-state index is 0.952. The molecule has 1 N–H and O–H groups in total. The molecule has 1 heterocycles. The summed E-state index contributed by atoms with van der Waals surface area (Å²) >= 11 is 0. The summed E-state index contributed by atoms with van der Waals surface area (Å²) in [6, 6.07) is 17.1. The van der Waals surface area contributed by atoms with E-state index in [2.05, 4.69) is 77.7 Å². The van der Waals surface area contributed by atoms with Gasteiger partial charge in [-0.1, -0.05) is 30.3 Å². The fourth-order valence-electron chi connectivity index (χ4n) is 2.59. The first-order valence-electron chi connectivity index (χ1n) is 7.07. The number of nitrogens with one attached hydrogen (secondary N) is 1. The highest BCUT2D eigenvalue weighted by Gasteiger charge is 2.17.